The molecule has 5 nitrogen and oxygen atoms in total. The van der Waals surface area contributed by atoms with Crippen molar-refractivity contribution in [2.24, 2.45) is 5.92 Å². The van der Waals surface area contributed by atoms with Crippen LogP contribution in [0.2, 0.25) is 0 Å². The molecule has 0 amide bonds. The molecule has 6 heteroatoms. The van der Waals surface area contributed by atoms with Gasteiger partial charge < -0.3 is 18.9 Å². The van der Waals surface area contributed by atoms with E-state index in [1.807, 2.05) is 6.92 Å². The van der Waals surface area contributed by atoms with E-state index in [1.165, 1.54) is 0 Å². The van der Waals surface area contributed by atoms with Crippen molar-refractivity contribution in [1.29, 1.82) is 0 Å². The summed E-state index contributed by atoms with van der Waals surface area (Å²) in [5.74, 6) is -0.0450. The van der Waals surface area contributed by atoms with Crippen LogP contribution in [0.5, 0.6) is 0 Å². The first-order valence-corrected chi connectivity index (χ1v) is 7.93. The highest BCUT2D eigenvalue weighted by Gasteiger charge is 2.36. The largest absolute Gasteiger partial charge is 0.390 e. The van der Waals surface area contributed by atoms with E-state index in [2.05, 4.69) is 0 Å². The smallest absolute Gasteiger partial charge is 0.331 e. The third-order valence-electron chi connectivity index (χ3n) is 2.83. The molecule has 1 unspecified atom stereocenters. The predicted molar refractivity (Wildman–Crippen MR) is 65.3 cm³/mol. The normalized spacial score (nSPS) is 27.3. The molecule has 1 aliphatic heterocycles. The molecule has 0 aromatic rings. The standard InChI is InChI=1S/C11H23O5P/c1-4-15-17(13,16-5-2)8-9(3)11-10(12)6-7-14-11/h9-12H,4-8H2,1-3H3/t9-,10?,11+/m0/s1. The van der Waals surface area contributed by atoms with Gasteiger partial charge in [0.2, 0.25) is 0 Å². The fourth-order valence-electron chi connectivity index (χ4n) is 2.14. The molecule has 1 rings (SSSR count). The van der Waals surface area contributed by atoms with Crippen molar-refractivity contribution in [2.75, 3.05) is 26.0 Å². The highest BCUT2D eigenvalue weighted by molar-refractivity contribution is 7.53. The SMILES string of the molecule is CCOP(=O)(C[C@H](C)[C@H]1OCCC1O)OCC. The van der Waals surface area contributed by atoms with Gasteiger partial charge in [-0.3, -0.25) is 4.57 Å². The molecule has 0 aromatic carbocycles. The molecule has 0 radical (unpaired) electrons. The van der Waals surface area contributed by atoms with E-state index < -0.39 is 13.7 Å². The number of aliphatic hydroxyl groups excluding tert-OH is 1. The summed E-state index contributed by atoms with van der Waals surface area (Å²) >= 11 is 0. The minimum absolute atomic E-state index is 0.0450. The van der Waals surface area contributed by atoms with E-state index in [-0.39, 0.29) is 18.2 Å². The van der Waals surface area contributed by atoms with Crippen LogP contribution in [0.25, 0.3) is 0 Å². The summed E-state index contributed by atoms with van der Waals surface area (Å²) < 4.78 is 28.2. The zero-order chi connectivity index (χ0) is 12.9. The Bertz CT molecular complexity index is 261. The van der Waals surface area contributed by atoms with Crippen LogP contribution in [0.4, 0.5) is 0 Å². The van der Waals surface area contributed by atoms with Crippen molar-refractivity contribution < 1.29 is 23.5 Å². The van der Waals surface area contributed by atoms with Gasteiger partial charge in [-0.2, -0.15) is 0 Å². The molecule has 1 N–H and O–H groups in total. The number of hydrogen-bond acceptors (Lipinski definition) is 5. The van der Waals surface area contributed by atoms with Gasteiger partial charge in [0, 0.05) is 6.61 Å². The maximum Gasteiger partial charge on any atom is 0.331 e. The first-order valence-electron chi connectivity index (χ1n) is 6.20. The van der Waals surface area contributed by atoms with E-state index in [9.17, 15) is 9.67 Å². The first-order chi connectivity index (χ1) is 8.02. The monoisotopic (exact) mass is 266 g/mol. The van der Waals surface area contributed by atoms with E-state index in [1.54, 1.807) is 13.8 Å². The summed E-state index contributed by atoms with van der Waals surface area (Å²) in [4.78, 5) is 0. The second kappa shape index (κ2) is 6.86. The molecule has 1 fully saturated rings. The van der Waals surface area contributed by atoms with Gasteiger partial charge in [0.25, 0.3) is 0 Å². The fraction of sp³-hybridized carbons (Fsp3) is 1.00. The lowest BCUT2D eigenvalue weighted by Gasteiger charge is -2.25. The molecule has 17 heavy (non-hydrogen) atoms. The lowest BCUT2D eigenvalue weighted by atomic mass is 10.0. The maximum atomic E-state index is 12.3. The number of ether oxygens (including phenoxy) is 1. The van der Waals surface area contributed by atoms with Crippen molar-refractivity contribution in [3.8, 4) is 0 Å². The van der Waals surface area contributed by atoms with Gasteiger partial charge in [-0.05, 0) is 26.2 Å². The summed E-state index contributed by atoms with van der Waals surface area (Å²) in [6.07, 6.45) is 0.199. The Kier molecular flexibility index (Phi) is 6.10. The Balaban J connectivity index is 2.57. The van der Waals surface area contributed by atoms with Gasteiger partial charge in [-0.1, -0.05) is 6.92 Å². The Morgan fingerprint density at radius 3 is 2.41 bits per heavy atom. The van der Waals surface area contributed by atoms with Crippen molar-refractivity contribution in [1.82, 2.24) is 0 Å². The molecule has 0 aliphatic carbocycles. The van der Waals surface area contributed by atoms with Crippen LogP contribution in [-0.4, -0.2) is 43.3 Å². The minimum atomic E-state index is -3.05. The van der Waals surface area contributed by atoms with Gasteiger partial charge in [-0.25, -0.2) is 0 Å². The third kappa shape index (κ3) is 4.34. The lowest BCUT2D eigenvalue weighted by Crippen LogP contribution is -2.30. The van der Waals surface area contributed by atoms with Gasteiger partial charge >= 0.3 is 7.60 Å². The zero-order valence-corrected chi connectivity index (χ0v) is 11.7. The second-order valence-electron chi connectivity index (χ2n) is 4.30. The van der Waals surface area contributed by atoms with Gasteiger partial charge in [-0.15, -0.1) is 0 Å². The average Bonchev–Trinajstić information content (AvgIpc) is 2.64. The summed E-state index contributed by atoms with van der Waals surface area (Å²) in [6.45, 7) is 6.76. The molecule has 1 aliphatic rings. The van der Waals surface area contributed by atoms with E-state index in [4.69, 9.17) is 13.8 Å². The second-order valence-corrected chi connectivity index (χ2v) is 6.40. The van der Waals surface area contributed by atoms with Gasteiger partial charge in [0.15, 0.2) is 0 Å². The van der Waals surface area contributed by atoms with Crippen LogP contribution in [0.3, 0.4) is 0 Å². The molecular formula is C11H23O5P. The van der Waals surface area contributed by atoms with Crippen molar-refractivity contribution in [3.05, 3.63) is 0 Å². The third-order valence-corrected chi connectivity index (χ3v) is 5.15. The summed E-state index contributed by atoms with van der Waals surface area (Å²) in [5, 5.41) is 9.72. The van der Waals surface area contributed by atoms with Crippen molar-refractivity contribution >= 4 is 7.60 Å². The quantitative estimate of drug-likeness (QED) is 0.714. The average molecular weight is 266 g/mol. The molecule has 0 bridgehead atoms. The highest BCUT2D eigenvalue weighted by atomic mass is 31.2. The van der Waals surface area contributed by atoms with E-state index >= 15 is 0 Å². The van der Waals surface area contributed by atoms with Crippen molar-refractivity contribution in [2.45, 2.75) is 39.4 Å². The molecule has 0 saturated carbocycles. The predicted octanol–water partition coefficient (Wildman–Crippen LogP) is 2.04. The highest BCUT2D eigenvalue weighted by Crippen LogP contribution is 2.50. The van der Waals surface area contributed by atoms with E-state index in [0.29, 0.717) is 26.2 Å². The molecule has 0 aromatic heterocycles. The van der Waals surface area contributed by atoms with Gasteiger partial charge in [0.1, 0.15) is 0 Å². The molecule has 3 atom stereocenters. The Morgan fingerprint density at radius 2 is 2.00 bits per heavy atom. The van der Waals surface area contributed by atoms with Crippen LogP contribution >= 0.6 is 7.60 Å². The summed E-state index contributed by atoms with van der Waals surface area (Å²) in [7, 11) is -3.05. The summed E-state index contributed by atoms with van der Waals surface area (Å²) in [6, 6.07) is 0. The Labute approximate surface area is 103 Å². The molecule has 0 spiro atoms. The number of rotatable bonds is 7. The summed E-state index contributed by atoms with van der Waals surface area (Å²) in [5.41, 5.74) is 0. The Morgan fingerprint density at radius 1 is 1.41 bits per heavy atom. The first kappa shape index (κ1) is 15.1. The topological polar surface area (TPSA) is 65.0 Å². The molecule has 102 valence electrons. The minimum Gasteiger partial charge on any atom is -0.390 e. The number of hydrogen-bond donors (Lipinski definition) is 1. The van der Waals surface area contributed by atoms with Crippen molar-refractivity contribution in [3.63, 3.8) is 0 Å². The maximum absolute atomic E-state index is 12.3. The van der Waals surface area contributed by atoms with Crippen LogP contribution in [0.1, 0.15) is 27.2 Å². The molecule has 1 heterocycles. The van der Waals surface area contributed by atoms with Crippen LogP contribution in [0.15, 0.2) is 0 Å². The van der Waals surface area contributed by atoms with E-state index in [0.717, 1.165) is 0 Å². The molecule has 1 saturated heterocycles. The molecular weight excluding hydrogens is 243 g/mol. The fourth-order valence-corrected chi connectivity index (χ4v) is 4.12. The van der Waals surface area contributed by atoms with Crippen LogP contribution in [0, 0.1) is 5.92 Å². The van der Waals surface area contributed by atoms with Gasteiger partial charge in [0.05, 0.1) is 31.6 Å². The van der Waals surface area contributed by atoms with Crippen LogP contribution < -0.4 is 0 Å². The van der Waals surface area contributed by atoms with Crippen LogP contribution in [-0.2, 0) is 18.3 Å². The Hall–Kier alpha value is 0.0700. The number of aliphatic hydroxyl groups is 1. The zero-order valence-electron chi connectivity index (χ0n) is 10.8. The lowest BCUT2D eigenvalue weighted by molar-refractivity contribution is 0.0112.